The van der Waals surface area contributed by atoms with Crippen LogP contribution < -0.4 is 5.32 Å². The fourth-order valence-corrected chi connectivity index (χ4v) is 3.69. The highest BCUT2D eigenvalue weighted by Crippen LogP contribution is 2.17. The molecule has 1 saturated heterocycles. The van der Waals surface area contributed by atoms with Gasteiger partial charge < -0.3 is 5.32 Å². The summed E-state index contributed by atoms with van der Waals surface area (Å²) in [7, 11) is -2.80. The molecule has 1 aromatic rings. The van der Waals surface area contributed by atoms with Crippen molar-refractivity contribution in [2.75, 3.05) is 11.5 Å². The molecule has 2 atom stereocenters. The number of sulfone groups is 1. The van der Waals surface area contributed by atoms with Crippen LogP contribution in [0, 0.1) is 0 Å². The highest BCUT2D eigenvalue weighted by molar-refractivity contribution is 7.91. The highest BCUT2D eigenvalue weighted by atomic mass is 32.2. The number of pyridine rings is 1. The Morgan fingerprint density at radius 1 is 1.56 bits per heavy atom. The van der Waals surface area contributed by atoms with Crippen LogP contribution in [0.4, 0.5) is 0 Å². The predicted molar refractivity (Wildman–Crippen MR) is 62.8 cm³/mol. The average Bonchev–Trinajstić information content (AvgIpc) is 2.59. The summed E-state index contributed by atoms with van der Waals surface area (Å²) < 4.78 is 22.6. The van der Waals surface area contributed by atoms with Gasteiger partial charge in [0.05, 0.1) is 11.5 Å². The topological polar surface area (TPSA) is 59.1 Å². The van der Waals surface area contributed by atoms with E-state index < -0.39 is 9.84 Å². The number of hydrogen-bond donors (Lipinski definition) is 1. The molecule has 4 nitrogen and oxygen atoms in total. The lowest BCUT2D eigenvalue weighted by molar-refractivity contribution is 0.484. The lowest BCUT2D eigenvalue weighted by Crippen LogP contribution is -2.32. The van der Waals surface area contributed by atoms with Gasteiger partial charge in [-0.1, -0.05) is 6.07 Å². The first kappa shape index (κ1) is 11.5. The Morgan fingerprint density at radius 3 is 2.94 bits per heavy atom. The fraction of sp³-hybridized carbons (Fsp3) is 0.545. The van der Waals surface area contributed by atoms with Crippen molar-refractivity contribution in [1.82, 2.24) is 10.3 Å². The minimum absolute atomic E-state index is 0.0835. The van der Waals surface area contributed by atoms with E-state index in [1.54, 1.807) is 12.4 Å². The molecule has 2 rings (SSSR count). The smallest absolute Gasteiger partial charge is 0.151 e. The molecule has 1 unspecified atom stereocenters. The molecule has 1 aromatic heterocycles. The zero-order valence-electron chi connectivity index (χ0n) is 9.26. The highest BCUT2D eigenvalue weighted by Gasteiger charge is 2.28. The third-order valence-electron chi connectivity index (χ3n) is 2.90. The van der Waals surface area contributed by atoms with Crippen molar-refractivity contribution < 1.29 is 8.42 Å². The number of rotatable bonds is 3. The summed E-state index contributed by atoms with van der Waals surface area (Å²) in [5.41, 5.74) is 1.09. The summed E-state index contributed by atoms with van der Waals surface area (Å²) in [6, 6.07) is 4.11. The molecule has 1 fully saturated rings. The third-order valence-corrected chi connectivity index (χ3v) is 4.67. The van der Waals surface area contributed by atoms with Gasteiger partial charge in [-0.3, -0.25) is 4.98 Å². The maximum atomic E-state index is 11.3. The molecule has 0 aromatic carbocycles. The second kappa shape index (κ2) is 4.51. The molecule has 16 heavy (non-hydrogen) atoms. The van der Waals surface area contributed by atoms with E-state index in [4.69, 9.17) is 0 Å². The molecule has 1 N–H and O–H groups in total. The van der Waals surface area contributed by atoms with Gasteiger partial charge in [0.15, 0.2) is 9.84 Å². The second-order valence-corrected chi connectivity index (χ2v) is 6.50. The minimum Gasteiger partial charge on any atom is -0.306 e. The second-order valence-electron chi connectivity index (χ2n) is 4.27. The molecule has 5 heteroatoms. The Kier molecular flexibility index (Phi) is 3.25. The molecule has 0 radical (unpaired) electrons. The Labute approximate surface area is 96.0 Å². The third kappa shape index (κ3) is 2.80. The van der Waals surface area contributed by atoms with Crippen LogP contribution in [0.3, 0.4) is 0 Å². The molecule has 1 aliphatic rings. The SMILES string of the molecule is C[C@H](NC1CCS(=O)(=O)C1)c1cccnc1. The Bertz CT molecular complexity index is 444. The predicted octanol–water partition coefficient (Wildman–Crippen LogP) is 0.919. The van der Waals surface area contributed by atoms with E-state index in [1.165, 1.54) is 0 Å². The van der Waals surface area contributed by atoms with E-state index in [0.717, 1.165) is 5.56 Å². The quantitative estimate of drug-likeness (QED) is 0.853. The van der Waals surface area contributed by atoms with Crippen molar-refractivity contribution in [3.05, 3.63) is 30.1 Å². The van der Waals surface area contributed by atoms with E-state index in [2.05, 4.69) is 10.3 Å². The molecule has 0 amide bonds. The molecule has 2 heterocycles. The van der Waals surface area contributed by atoms with Crippen molar-refractivity contribution in [2.24, 2.45) is 0 Å². The van der Waals surface area contributed by atoms with Crippen LogP contribution in [0.5, 0.6) is 0 Å². The van der Waals surface area contributed by atoms with Gasteiger partial charge in [0, 0.05) is 24.5 Å². The molecule has 0 bridgehead atoms. The van der Waals surface area contributed by atoms with Gasteiger partial charge in [-0.05, 0) is 25.0 Å². The first-order valence-electron chi connectivity index (χ1n) is 5.43. The van der Waals surface area contributed by atoms with E-state index in [9.17, 15) is 8.42 Å². The molecule has 0 aliphatic carbocycles. The number of aromatic nitrogens is 1. The Hall–Kier alpha value is -0.940. The number of nitrogens with zero attached hydrogens (tertiary/aromatic N) is 1. The summed E-state index contributed by atoms with van der Waals surface area (Å²) in [6.45, 7) is 2.03. The normalized spacial score (nSPS) is 25.4. The zero-order chi connectivity index (χ0) is 11.6. The lowest BCUT2D eigenvalue weighted by atomic mass is 10.1. The van der Waals surface area contributed by atoms with Gasteiger partial charge in [-0.25, -0.2) is 8.42 Å². The molecule has 0 saturated carbocycles. The van der Waals surface area contributed by atoms with Crippen molar-refractivity contribution in [3.8, 4) is 0 Å². The van der Waals surface area contributed by atoms with Gasteiger partial charge in [0.1, 0.15) is 0 Å². The van der Waals surface area contributed by atoms with Crippen LogP contribution in [0.1, 0.15) is 24.9 Å². The van der Waals surface area contributed by atoms with Gasteiger partial charge in [0.25, 0.3) is 0 Å². The van der Waals surface area contributed by atoms with E-state index in [-0.39, 0.29) is 17.8 Å². The number of hydrogen-bond acceptors (Lipinski definition) is 4. The number of nitrogens with one attached hydrogen (secondary N) is 1. The van der Waals surface area contributed by atoms with E-state index in [1.807, 2.05) is 19.1 Å². The van der Waals surface area contributed by atoms with E-state index >= 15 is 0 Å². The largest absolute Gasteiger partial charge is 0.306 e. The Balaban J connectivity index is 1.96. The van der Waals surface area contributed by atoms with Crippen LogP contribution in [0.2, 0.25) is 0 Å². The Morgan fingerprint density at radius 2 is 2.38 bits per heavy atom. The fourth-order valence-electron chi connectivity index (χ4n) is 2.01. The molecular formula is C11H16N2O2S. The monoisotopic (exact) mass is 240 g/mol. The van der Waals surface area contributed by atoms with Crippen molar-refractivity contribution in [3.63, 3.8) is 0 Å². The van der Waals surface area contributed by atoms with Gasteiger partial charge in [0.2, 0.25) is 0 Å². The van der Waals surface area contributed by atoms with Crippen LogP contribution in [-0.2, 0) is 9.84 Å². The van der Waals surface area contributed by atoms with Gasteiger partial charge >= 0.3 is 0 Å². The zero-order valence-corrected chi connectivity index (χ0v) is 10.1. The summed E-state index contributed by atoms with van der Waals surface area (Å²) >= 11 is 0. The van der Waals surface area contributed by atoms with Crippen LogP contribution in [0.15, 0.2) is 24.5 Å². The summed E-state index contributed by atoms with van der Waals surface area (Å²) in [6.07, 6.45) is 4.25. The van der Waals surface area contributed by atoms with Gasteiger partial charge in [-0.2, -0.15) is 0 Å². The lowest BCUT2D eigenvalue weighted by Gasteiger charge is -2.18. The summed E-state index contributed by atoms with van der Waals surface area (Å²) in [4.78, 5) is 4.05. The maximum Gasteiger partial charge on any atom is 0.151 e. The molecular weight excluding hydrogens is 224 g/mol. The average molecular weight is 240 g/mol. The molecule has 88 valence electrons. The van der Waals surface area contributed by atoms with E-state index in [0.29, 0.717) is 12.2 Å². The van der Waals surface area contributed by atoms with Crippen LogP contribution in [-0.4, -0.2) is 30.9 Å². The van der Waals surface area contributed by atoms with Crippen molar-refractivity contribution in [1.29, 1.82) is 0 Å². The van der Waals surface area contributed by atoms with Crippen molar-refractivity contribution in [2.45, 2.75) is 25.4 Å². The van der Waals surface area contributed by atoms with Crippen LogP contribution >= 0.6 is 0 Å². The van der Waals surface area contributed by atoms with Crippen molar-refractivity contribution >= 4 is 9.84 Å². The summed E-state index contributed by atoms with van der Waals surface area (Å²) in [5.74, 6) is 0.571. The minimum atomic E-state index is -2.80. The van der Waals surface area contributed by atoms with Gasteiger partial charge in [-0.15, -0.1) is 0 Å². The summed E-state index contributed by atoms with van der Waals surface area (Å²) in [5, 5.41) is 3.33. The van der Waals surface area contributed by atoms with Crippen LogP contribution in [0.25, 0.3) is 0 Å². The maximum absolute atomic E-state index is 11.3. The molecule has 0 spiro atoms. The molecule has 1 aliphatic heterocycles. The first-order valence-corrected chi connectivity index (χ1v) is 7.25. The standard InChI is InChI=1S/C11H16N2O2S/c1-9(10-3-2-5-12-7-10)13-11-4-6-16(14,15)8-11/h2-3,5,7,9,11,13H,4,6,8H2,1H3/t9-,11?/m0/s1. The first-order chi connectivity index (χ1) is 7.57.